The molecular formula is C16H15NO3. The lowest BCUT2D eigenvalue weighted by molar-refractivity contribution is -0.559. The first-order valence-electron chi connectivity index (χ1n) is 6.42. The van der Waals surface area contributed by atoms with E-state index in [4.69, 9.17) is 0 Å². The van der Waals surface area contributed by atoms with E-state index in [0.29, 0.717) is 11.1 Å². The zero-order chi connectivity index (χ0) is 14.6. The Morgan fingerprint density at radius 3 is 2.00 bits per heavy atom. The maximum Gasteiger partial charge on any atom is 0.308 e. The Morgan fingerprint density at radius 2 is 1.55 bits per heavy atom. The second kappa shape index (κ2) is 5.65. The molecular weight excluding hydrogens is 254 g/mol. The van der Waals surface area contributed by atoms with Gasteiger partial charge in [0.2, 0.25) is 5.78 Å². The van der Waals surface area contributed by atoms with E-state index in [9.17, 15) is 14.9 Å². The number of ketones is 1. The van der Waals surface area contributed by atoms with Crippen molar-refractivity contribution >= 4 is 5.78 Å². The van der Waals surface area contributed by atoms with Gasteiger partial charge in [0.15, 0.2) is 0 Å². The van der Waals surface area contributed by atoms with E-state index in [2.05, 4.69) is 0 Å². The summed E-state index contributed by atoms with van der Waals surface area (Å²) in [6.07, 6.45) is 0.109. The minimum atomic E-state index is -1.72. The van der Waals surface area contributed by atoms with E-state index in [1.807, 2.05) is 0 Å². The highest BCUT2D eigenvalue weighted by Crippen LogP contribution is 2.32. The number of nitrogens with zero attached hydrogens (tertiary/aromatic N) is 1. The van der Waals surface area contributed by atoms with Gasteiger partial charge in [-0.05, 0) is 0 Å². The Balaban J connectivity index is 2.59. The number of rotatable bonds is 5. The van der Waals surface area contributed by atoms with Crippen LogP contribution in [0.25, 0.3) is 0 Å². The van der Waals surface area contributed by atoms with Gasteiger partial charge in [-0.25, -0.2) is 0 Å². The molecule has 2 rings (SSSR count). The van der Waals surface area contributed by atoms with E-state index < -0.39 is 16.2 Å². The van der Waals surface area contributed by atoms with Crippen molar-refractivity contribution in [1.82, 2.24) is 0 Å². The van der Waals surface area contributed by atoms with Gasteiger partial charge < -0.3 is 0 Å². The lowest BCUT2D eigenvalue weighted by Gasteiger charge is -2.23. The Hall–Kier alpha value is -2.49. The van der Waals surface area contributed by atoms with Gasteiger partial charge in [-0.15, -0.1) is 0 Å². The Bertz CT molecular complexity index is 610. The Kier molecular flexibility index (Phi) is 3.94. The molecule has 0 aliphatic heterocycles. The van der Waals surface area contributed by atoms with Crippen LogP contribution in [0, 0.1) is 10.1 Å². The summed E-state index contributed by atoms with van der Waals surface area (Å²) >= 11 is 0. The largest absolute Gasteiger partial charge is 0.308 e. The fraction of sp³-hybridized carbons (Fsp3) is 0.188. The van der Waals surface area contributed by atoms with E-state index >= 15 is 0 Å². The van der Waals surface area contributed by atoms with Crippen LogP contribution in [0.15, 0.2) is 60.7 Å². The molecule has 0 aliphatic carbocycles. The van der Waals surface area contributed by atoms with E-state index in [1.165, 1.54) is 0 Å². The zero-order valence-corrected chi connectivity index (χ0v) is 11.2. The van der Waals surface area contributed by atoms with Crippen LogP contribution >= 0.6 is 0 Å². The molecule has 0 N–H and O–H groups in total. The number of carbonyl (C=O) groups excluding carboxylic acids is 1. The number of nitro groups is 1. The fourth-order valence-corrected chi connectivity index (χ4v) is 2.36. The topological polar surface area (TPSA) is 60.2 Å². The average molecular weight is 269 g/mol. The SMILES string of the molecule is CCC(C(=O)c1ccccc1)(c1ccccc1)[N+](=O)[O-]. The van der Waals surface area contributed by atoms with Crippen molar-refractivity contribution in [1.29, 1.82) is 0 Å². The lowest BCUT2D eigenvalue weighted by Crippen LogP contribution is -2.43. The predicted octanol–water partition coefficient (Wildman–Crippen LogP) is 3.45. The molecule has 102 valence electrons. The number of Topliss-reactive ketones (excluding diaryl/α,β-unsaturated/α-hetero) is 1. The number of benzene rings is 2. The highest BCUT2D eigenvalue weighted by molar-refractivity contribution is 6.02. The van der Waals surface area contributed by atoms with Gasteiger partial charge in [-0.2, -0.15) is 0 Å². The van der Waals surface area contributed by atoms with Gasteiger partial charge >= 0.3 is 5.54 Å². The maximum absolute atomic E-state index is 12.7. The molecule has 0 bridgehead atoms. The van der Waals surface area contributed by atoms with Gasteiger partial charge in [0.1, 0.15) is 0 Å². The maximum atomic E-state index is 12.7. The summed E-state index contributed by atoms with van der Waals surface area (Å²) in [4.78, 5) is 23.9. The first-order chi connectivity index (χ1) is 9.63. The van der Waals surface area contributed by atoms with E-state index in [0.717, 1.165) is 0 Å². The van der Waals surface area contributed by atoms with Gasteiger partial charge in [0, 0.05) is 22.5 Å². The highest BCUT2D eigenvalue weighted by atomic mass is 16.6. The quantitative estimate of drug-likeness (QED) is 0.474. The first kappa shape index (κ1) is 13.9. The molecule has 0 saturated carbocycles. The Morgan fingerprint density at radius 1 is 1.05 bits per heavy atom. The third-order valence-corrected chi connectivity index (χ3v) is 3.49. The molecule has 0 saturated heterocycles. The third kappa shape index (κ3) is 2.20. The van der Waals surface area contributed by atoms with Crippen molar-refractivity contribution in [2.45, 2.75) is 18.9 Å². The van der Waals surface area contributed by atoms with Crippen molar-refractivity contribution < 1.29 is 9.72 Å². The summed E-state index contributed by atoms with van der Waals surface area (Å²) in [6, 6.07) is 16.9. The van der Waals surface area contributed by atoms with Crippen molar-refractivity contribution in [2.75, 3.05) is 0 Å². The predicted molar refractivity (Wildman–Crippen MR) is 76.2 cm³/mol. The number of hydrogen-bond acceptors (Lipinski definition) is 3. The van der Waals surface area contributed by atoms with Crippen LogP contribution in [0.3, 0.4) is 0 Å². The summed E-state index contributed by atoms with van der Waals surface area (Å²) in [6.45, 7) is 1.66. The smallest absolute Gasteiger partial charge is 0.286 e. The summed E-state index contributed by atoms with van der Waals surface area (Å²) in [7, 11) is 0. The van der Waals surface area contributed by atoms with Crippen LogP contribution in [0.2, 0.25) is 0 Å². The third-order valence-electron chi connectivity index (χ3n) is 3.49. The summed E-state index contributed by atoms with van der Waals surface area (Å²) < 4.78 is 0. The molecule has 0 aromatic heterocycles. The van der Waals surface area contributed by atoms with Crippen molar-refractivity contribution in [2.24, 2.45) is 0 Å². The standard InChI is InChI=1S/C16H15NO3/c1-2-16(17(19)20,14-11-7-4-8-12-14)15(18)13-9-5-3-6-10-13/h3-12H,2H2,1H3. The van der Waals surface area contributed by atoms with Crippen LogP contribution in [0.5, 0.6) is 0 Å². The number of hydrogen-bond donors (Lipinski definition) is 0. The lowest BCUT2D eigenvalue weighted by atomic mass is 9.81. The van der Waals surface area contributed by atoms with Crippen LogP contribution < -0.4 is 0 Å². The molecule has 4 nitrogen and oxygen atoms in total. The van der Waals surface area contributed by atoms with Gasteiger partial charge in [-0.3, -0.25) is 14.9 Å². The average Bonchev–Trinajstić information content (AvgIpc) is 2.50. The molecule has 1 atom stereocenters. The monoisotopic (exact) mass is 269 g/mol. The second-order valence-electron chi connectivity index (χ2n) is 4.53. The normalized spacial score (nSPS) is 13.4. The highest BCUT2D eigenvalue weighted by Gasteiger charge is 2.50. The summed E-state index contributed by atoms with van der Waals surface area (Å²) in [5, 5.41) is 11.7. The second-order valence-corrected chi connectivity index (χ2v) is 4.53. The molecule has 0 heterocycles. The molecule has 1 unspecified atom stereocenters. The van der Waals surface area contributed by atoms with Crippen molar-refractivity contribution in [3.05, 3.63) is 81.9 Å². The minimum Gasteiger partial charge on any atom is -0.286 e. The van der Waals surface area contributed by atoms with Crippen LogP contribution in [0.1, 0.15) is 29.3 Å². The summed E-state index contributed by atoms with van der Waals surface area (Å²) in [5.74, 6) is -0.475. The molecule has 0 aliphatic rings. The first-order valence-corrected chi connectivity index (χ1v) is 6.42. The zero-order valence-electron chi connectivity index (χ0n) is 11.2. The Labute approximate surface area is 117 Å². The van der Waals surface area contributed by atoms with Crippen molar-refractivity contribution in [3.8, 4) is 0 Å². The van der Waals surface area contributed by atoms with Crippen LogP contribution in [-0.2, 0) is 5.54 Å². The molecule has 2 aromatic carbocycles. The van der Waals surface area contributed by atoms with E-state index in [1.54, 1.807) is 67.6 Å². The van der Waals surface area contributed by atoms with Crippen LogP contribution in [-0.4, -0.2) is 10.7 Å². The molecule has 20 heavy (non-hydrogen) atoms. The number of carbonyl (C=O) groups is 1. The molecule has 0 radical (unpaired) electrons. The van der Waals surface area contributed by atoms with Gasteiger partial charge in [0.05, 0.1) is 0 Å². The summed E-state index contributed by atoms with van der Waals surface area (Å²) in [5.41, 5.74) is -0.945. The molecule has 0 spiro atoms. The minimum absolute atomic E-state index is 0.109. The van der Waals surface area contributed by atoms with Crippen molar-refractivity contribution in [3.63, 3.8) is 0 Å². The fourth-order valence-electron chi connectivity index (χ4n) is 2.36. The van der Waals surface area contributed by atoms with E-state index in [-0.39, 0.29) is 6.42 Å². The molecule has 4 heteroatoms. The molecule has 0 amide bonds. The molecule has 0 fully saturated rings. The molecule has 2 aromatic rings. The van der Waals surface area contributed by atoms with Crippen LogP contribution in [0.4, 0.5) is 0 Å². The van der Waals surface area contributed by atoms with Gasteiger partial charge in [-0.1, -0.05) is 67.6 Å². The van der Waals surface area contributed by atoms with Gasteiger partial charge in [0.25, 0.3) is 0 Å².